The topological polar surface area (TPSA) is 0 Å². The quantitative estimate of drug-likeness (QED) is 0.676. The molecule has 2 aromatic rings. The summed E-state index contributed by atoms with van der Waals surface area (Å²) in [5.74, 6) is 0.698. The van der Waals surface area contributed by atoms with Crippen LogP contribution in [0.1, 0.15) is 25.0 Å². The molecule has 2 aromatic carbocycles. The predicted molar refractivity (Wildman–Crippen MR) is 66.9 cm³/mol. The molecule has 77 valence electrons. The maximum Gasteiger partial charge on any atom is -0.0149 e. The standard InChI is InChI=1S/C15H17/c1-11(2)10-13-9-8-12(3)14-6-4-5-7-15(13)14/h4-9,11H,3,10H2,1-2H3. The predicted octanol–water partition coefficient (Wildman–Crippen LogP) is 4.22. The van der Waals surface area contributed by atoms with E-state index in [1.807, 2.05) is 0 Å². The van der Waals surface area contributed by atoms with Crippen LogP contribution in [0.2, 0.25) is 0 Å². The number of benzene rings is 2. The van der Waals surface area contributed by atoms with Gasteiger partial charge in [-0.1, -0.05) is 50.2 Å². The van der Waals surface area contributed by atoms with E-state index in [2.05, 4.69) is 57.2 Å². The number of fused-ring (bicyclic) bond motifs is 1. The molecule has 15 heavy (non-hydrogen) atoms. The fraction of sp³-hybridized carbons (Fsp3) is 0.267. The van der Waals surface area contributed by atoms with Crippen molar-refractivity contribution in [3.63, 3.8) is 0 Å². The molecule has 0 amide bonds. The Bertz CT molecular complexity index is 466. The minimum atomic E-state index is 0.698. The van der Waals surface area contributed by atoms with Crippen LogP contribution < -0.4 is 0 Å². The van der Waals surface area contributed by atoms with Gasteiger partial charge in [-0.15, -0.1) is 0 Å². The van der Waals surface area contributed by atoms with Crippen LogP contribution >= 0.6 is 0 Å². The molecule has 0 atom stereocenters. The number of hydrogen-bond acceptors (Lipinski definition) is 0. The Balaban J connectivity index is 2.61. The first-order chi connectivity index (χ1) is 7.18. The summed E-state index contributed by atoms with van der Waals surface area (Å²) in [5, 5.41) is 2.65. The molecule has 0 heterocycles. The number of rotatable bonds is 2. The van der Waals surface area contributed by atoms with Crippen molar-refractivity contribution in [3.8, 4) is 0 Å². The zero-order chi connectivity index (χ0) is 10.8. The van der Waals surface area contributed by atoms with Crippen molar-refractivity contribution < 1.29 is 0 Å². The Morgan fingerprint density at radius 3 is 2.33 bits per heavy atom. The lowest BCUT2D eigenvalue weighted by Gasteiger charge is -2.10. The second kappa shape index (κ2) is 4.06. The zero-order valence-electron chi connectivity index (χ0n) is 9.46. The van der Waals surface area contributed by atoms with Crippen molar-refractivity contribution >= 4 is 10.8 Å². The maximum atomic E-state index is 4.07. The molecular weight excluding hydrogens is 180 g/mol. The van der Waals surface area contributed by atoms with Crippen LogP contribution in [0.4, 0.5) is 0 Å². The largest absolute Gasteiger partial charge is 0.0625 e. The molecule has 0 N–H and O–H groups in total. The monoisotopic (exact) mass is 197 g/mol. The summed E-state index contributed by atoms with van der Waals surface area (Å²) >= 11 is 0. The maximum absolute atomic E-state index is 4.07. The molecule has 0 heteroatoms. The second-order valence-electron chi connectivity index (χ2n) is 4.53. The lowest BCUT2D eigenvalue weighted by atomic mass is 9.95. The Hall–Kier alpha value is -1.30. The van der Waals surface area contributed by atoms with Gasteiger partial charge in [0, 0.05) is 0 Å². The highest BCUT2D eigenvalue weighted by Crippen LogP contribution is 2.24. The molecule has 0 saturated carbocycles. The normalized spacial score (nSPS) is 11.2. The summed E-state index contributed by atoms with van der Waals surface area (Å²) in [6.07, 6.45) is 1.14. The van der Waals surface area contributed by atoms with E-state index in [4.69, 9.17) is 0 Å². The van der Waals surface area contributed by atoms with E-state index in [0.29, 0.717) is 5.92 Å². The number of hydrogen-bond donors (Lipinski definition) is 0. The highest BCUT2D eigenvalue weighted by Gasteiger charge is 2.04. The lowest BCUT2D eigenvalue weighted by Crippen LogP contribution is -1.95. The molecule has 0 saturated heterocycles. The van der Waals surface area contributed by atoms with Crippen LogP contribution in [-0.4, -0.2) is 0 Å². The summed E-state index contributed by atoms with van der Waals surface area (Å²) in [5.41, 5.74) is 2.56. The molecule has 0 bridgehead atoms. The average molecular weight is 197 g/mol. The van der Waals surface area contributed by atoms with Crippen molar-refractivity contribution in [2.45, 2.75) is 20.3 Å². The Labute approximate surface area is 91.9 Å². The van der Waals surface area contributed by atoms with Gasteiger partial charge in [-0.2, -0.15) is 0 Å². The Morgan fingerprint density at radius 2 is 1.67 bits per heavy atom. The molecule has 0 aliphatic heterocycles. The van der Waals surface area contributed by atoms with Gasteiger partial charge in [0.15, 0.2) is 0 Å². The van der Waals surface area contributed by atoms with Gasteiger partial charge in [-0.3, -0.25) is 0 Å². The van der Waals surface area contributed by atoms with Crippen LogP contribution in [0.25, 0.3) is 10.8 Å². The van der Waals surface area contributed by atoms with Gasteiger partial charge in [0.2, 0.25) is 0 Å². The summed E-state index contributed by atoms with van der Waals surface area (Å²) in [7, 11) is 0. The first kappa shape index (κ1) is 10.2. The van der Waals surface area contributed by atoms with E-state index in [0.717, 1.165) is 12.0 Å². The molecule has 0 unspecified atom stereocenters. The van der Waals surface area contributed by atoms with Gasteiger partial charge >= 0.3 is 0 Å². The van der Waals surface area contributed by atoms with Gasteiger partial charge in [-0.25, -0.2) is 0 Å². The summed E-state index contributed by atoms with van der Waals surface area (Å²) in [4.78, 5) is 0. The average Bonchev–Trinajstić information content (AvgIpc) is 2.22. The van der Waals surface area contributed by atoms with Gasteiger partial charge in [0.1, 0.15) is 0 Å². The molecule has 0 aliphatic rings. The zero-order valence-corrected chi connectivity index (χ0v) is 9.46. The SMILES string of the molecule is [CH2]c1ccc(CC(C)C)c2ccccc12. The highest BCUT2D eigenvalue weighted by atomic mass is 14.1. The van der Waals surface area contributed by atoms with E-state index in [9.17, 15) is 0 Å². The minimum Gasteiger partial charge on any atom is -0.0625 e. The smallest absolute Gasteiger partial charge is 0.0149 e. The van der Waals surface area contributed by atoms with Crippen LogP contribution in [0, 0.1) is 12.8 Å². The van der Waals surface area contributed by atoms with E-state index in [1.54, 1.807) is 0 Å². The second-order valence-corrected chi connectivity index (χ2v) is 4.53. The molecule has 0 nitrogen and oxygen atoms in total. The third-order valence-electron chi connectivity index (χ3n) is 2.73. The van der Waals surface area contributed by atoms with Gasteiger partial charge < -0.3 is 0 Å². The molecule has 0 aliphatic carbocycles. The molecule has 0 fully saturated rings. The third kappa shape index (κ3) is 2.04. The van der Waals surface area contributed by atoms with Crippen molar-refractivity contribution in [1.82, 2.24) is 0 Å². The molecular formula is C15H17. The third-order valence-corrected chi connectivity index (χ3v) is 2.73. The van der Waals surface area contributed by atoms with Crippen molar-refractivity contribution in [3.05, 3.63) is 54.4 Å². The lowest BCUT2D eigenvalue weighted by molar-refractivity contribution is 0.650. The van der Waals surface area contributed by atoms with Crippen LogP contribution in [0.5, 0.6) is 0 Å². The fourth-order valence-electron chi connectivity index (χ4n) is 2.04. The van der Waals surface area contributed by atoms with Crippen molar-refractivity contribution in [2.75, 3.05) is 0 Å². The molecule has 1 radical (unpaired) electrons. The minimum absolute atomic E-state index is 0.698. The first-order valence-corrected chi connectivity index (χ1v) is 5.51. The van der Waals surface area contributed by atoms with E-state index >= 15 is 0 Å². The molecule has 2 rings (SSSR count). The van der Waals surface area contributed by atoms with Crippen LogP contribution in [-0.2, 0) is 6.42 Å². The van der Waals surface area contributed by atoms with Crippen LogP contribution in [0.15, 0.2) is 36.4 Å². The highest BCUT2D eigenvalue weighted by molar-refractivity contribution is 5.89. The van der Waals surface area contributed by atoms with Crippen molar-refractivity contribution in [2.24, 2.45) is 5.92 Å². The molecule has 0 aromatic heterocycles. The van der Waals surface area contributed by atoms with Crippen LogP contribution in [0.3, 0.4) is 0 Å². The van der Waals surface area contributed by atoms with E-state index in [-0.39, 0.29) is 0 Å². The van der Waals surface area contributed by atoms with Crippen molar-refractivity contribution in [1.29, 1.82) is 0 Å². The summed E-state index contributed by atoms with van der Waals surface area (Å²) in [6, 6.07) is 12.9. The first-order valence-electron chi connectivity index (χ1n) is 5.51. The van der Waals surface area contributed by atoms with Gasteiger partial charge in [0.05, 0.1) is 0 Å². The Kier molecular flexibility index (Phi) is 2.77. The summed E-state index contributed by atoms with van der Waals surface area (Å²) < 4.78 is 0. The van der Waals surface area contributed by atoms with E-state index < -0.39 is 0 Å². The van der Waals surface area contributed by atoms with Gasteiger partial charge in [-0.05, 0) is 41.2 Å². The molecule has 0 spiro atoms. The fourth-order valence-corrected chi connectivity index (χ4v) is 2.04. The summed E-state index contributed by atoms with van der Waals surface area (Å²) in [6.45, 7) is 8.58. The van der Waals surface area contributed by atoms with E-state index in [1.165, 1.54) is 16.3 Å². The van der Waals surface area contributed by atoms with Gasteiger partial charge in [0.25, 0.3) is 0 Å². The Morgan fingerprint density at radius 1 is 1.00 bits per heavy atom.